The van der Waals surface area contributed by atoms with Gasteiger partial charge in [0.25, 0.3) is 5.91 Å². The third-order valence-electron chi connectivity index (χ3n) is 4.52. The standard InChI is InChI=1S/C21H22BrN3O3/c1-13-20(14(2)25(24-13)12-15-8-10-16(22)11-9-15)23-21(26)19-17(27-3)6-5-7-18(19)28-4/h5-11H,12H2,1-4H3,(H,23,26). The number of carbonyl (C=O) groups excluding carboxylic acids is 1. The van der Waals surface area contributed by atoms with Crippen LogP contribution in [0.4, 0.5) is 5.69 Å². The highest BCUT2D eigenvalue weighted by Crippen LogP contribution is 2.30. The number of aromatic nitrogens is 2. The first-order valence-electron chi connectivity index (χ1n) is 8.75. The van der Waals surface area contributed by atoms with Crippen molar-refractivity contribution in [1.82, 2.24) is 9.78 Å². The molecule has 0 aliphatic rings. The molecule has 0 atom stereocenters. The van der Waals surface area contributed by atoms with Crippen LogP contribution in [0.25, 0.3) is 0 Å². The van der Waals surface area contributed by atoms with E-state index in [1.54, 1.807) is 18.2 Å². The van der Waals surface area contributed by atoms with E-state index in [1.165, 1.54) is 14.2 Å². The van der Waals surface area contributed by atoms with Crippen LogP contribution in [-0.4, -0.2) is 29.9 Å². The van der Waals surface area contributed by atoms with Crippen LogP contribution in [0, 0.1) is 13.8 Å². The fourth-order valence-corrected chi connectivity index (χ4v) is 3.31. The summed E-state index contributed by atoms with van der Waals surface area (Å²) in [5.74, 6) is 0.604. The number of anilines is 1. The SMILES string of the molecule is COc1cccc(OC)c1C(=O)Nc1c(C)nn(Cc2ccc(Br)cc2)c1C. The van der Waals surface area contributed by atoms with Gasteiger partial charge in [-0.1, -0.05) is 34.1 Å². The smallest absolute Gasteiger partial charge is 0.263 e. The van der Waals surface area contributed by atoms with Gasteiger partial charge in [-0.2, -0.15) is 5.10 Å². The Hall–Kier alpha value is -2.80. The molecule has 0 aliphatic heterocycles. The van der Waals surface area contributed by atoms with Crippen LogP contribution in [0.5, 0.6) is 11.5 Å². The van der Waals surface area contributed by atoms with E-state index in [2.05, 4.69) is 26.3 Å². The average Bonchev–Trinajstić information content (AvgIpc) is 2.96. The van der Waals surface area contributed by atoms with E-state index >= 15 is 0 Å². The zero-order valence-corrected chi connectivity index (χ0v) is 17.8. The molecular formula is C21H22BrN3O3. The van der Waals surface area contributed by atoms with Gasteiger partial charge in [0.1, 0.15) is 17.1 Å². The van der Waals surface area contributed by atoms with Gasteiger partial charge in [-0.3, -0.25) is 9.48 Å². The number of nitrogens with one attached hydrogen (secondary N) is 1. The van der Waals surface area contributed by atoms with Crippen molar-refractivity contribution in [2.45, 2.75) is 20.4 Å². The lowest BCUT2D eigenvalue weighted by Gasteiger charge is -2.13. The molecule has 6 nitrogen and oxygen atoms in total. The fraction of sp³-hybridized carbons (Fsp3) is 0.238. The third kappa shape index (κ3) is 4.04. The number of rotatable bonds is 6. The molecule has 0 fully saturated rings. The molecule has 0 unspecified atom stereocenters. The number of halogens is 1. The van der Waals surface area contributed by atoms with Gasteiger partial charge in [0.05, 0.1) is 37.8 Å². The highest BCUT2D eigenvalue weighted by Gasteiger charge is 2.21. The Bertz CT molecular complexity index is 975. The molecule has 2 aromatic carbocycles. The number of hydrogen-bond acceptors (Lipinski definition) is 4. The molecule has 0 aliphatic carbocycles. The van der Waals surface area contributed by atoms with Crippen molar-refractivity contribution in [3.63, 3.8) is 0 Å². The molecule has 0 saturated carbocycles. The second-order valence-electron chi connectivity index (χ2n) is 6.32. The second-order valence-corrected chi connectivity index (χ2v) is 7.24. The molecule has 0 bridgehead atoms. The molecule has 146 valence electrons. The van der Waals surface area contributed by atoms with E-state index in [9.17, 15) is 4.79 Å². The lowest BCUT2D eigenvalue weighted by molar-refractivity contribution is 0.102. The summed E-state index contributed by atoms with van der Waals surface area (Å²) in [6.45, 7) is 4.43. The minimum atomic E-state index is -0.302. The third-order valence-corrected chi connectivity index (χ3v) is 5.05. The van der Waals surface area contributed by atoms with E-state index in [-0.39, 0.29) is 5.91 Å². The summed E-state index contributed by atoms with van der Waals surface area (Å²) >= 11 is 3.44. The molecule has 0 saturated heterocycles. The maximum atomic E-state index is 13.0. The number of benzene rings is 2. The molecule has 1 heterocycles. The molecule has 3 rings (SSSR count). The minimum absolute atomic E-state index is 0.302. The summed E-state index contributed by atoms with van der Waals surface area (Å²) < 4.78 is 13.6. The number of nitrogens with zero attached hydrogens (tertiary/aromatic N) is 2. The lowest BCUT2D eigenvalue weighted by atomic mass is 10.1. The normalized spacial score (nSPS) is 10.6. The molecule has 7 heteroatoms. The highest BCUT2D eigenvalue weighted by molar-refractivity contribution is 9.10. The number of hydrogen-bond donors (Lipinski definition) is 1. The number of ether oxygens (including phenoxy) is 2. The van der Waals surface area contributed by atoms with Crippen molar-refractivity contribution in [1.29, 1.82) is 0 Å². The summed E-state index contributed by atoms with van der Waals surface area (Å²) in [6.07, 6.45) is 0. The van der Waals surface area contributed by atoms with Crippen molar-refractivity contribution in [3.05, 3.63) is 69.5 Å². The number of carbonyl (C=O) groups is 1. The van der Waals surface area contributed by atoms with E-state index in [1.807, 2.05) is 42.8 Å². The van der Waals surface area contributed by atoms with Crippen molar-refractivity contribution < 1.29 is 14.3 Å². The van der Waals surface area contributed by atoms with Crippen molar-refractivity contribution >= 4 is 27.5 Å². The summed E-state index contributed by atoms with van der Waals surface area (Å²) in [7, 11) is 3.05. The van der Waals surface area contributed by atoms with Gasteiger partial charge in [0, 0.05) is 4.47 Å². The molecule has 1 amide bonds. The van der Waals surface area contributed by atoms with Crippen LogP contribution in [0.3, 0.4) is 0 Å². The van der Waals surface area contributed by atoms with Crippen molar-refractivity contribution in [3.8, 4) is 11.5 Å². The first kappa shape index (κ1) is 19.9. The van der Waals surface area contributed by atoms with E-state index in [0.717, 1.165) is 21.4 Å². The quantitative estimate of drug-likeness (QED) is 0.605. The van der Waals surface area contributed by atoms with Crippen LogP contribution in [0.2, 0.25) is 0 Å². The first-order valence-corrected chi connectivity index (χ1v) is 9.54. The van der Waals surface area contributed by atoms with Gasteiger partial charge >= 0.3 is 0 Å². The molecular weight excluding hydrogens is 422 g/mol. The van der Waals surface area contributed by atoms with Crippen LogP contribution >= 0.6 is 15.9 Å². The fourth-order valence-electron chi connectivity index (χ4n) is 3.05. The molecule has 3 aromatic rings. The van der Waals surface area contributed by atoms with Crippen LogP contribution < -0.4 is 14.8 Å². The highest BCUT2D eigenvalue weighted by atomic mass is 79.9. The molecule has 0 spiro atoms. The van der Waals surface area contributed by atoms with Gasteiger partial charge in [-0.25, -0.2) is 0 Å². The maximum absolute atomic E-state index is 13.0. The number of amides is 1. The maximum Gasteiger partial charge on any atom is 0.263 e. The number of aryl methyl sites for hydroxylation is 1. The topological polar surface area (TPSA) is 65.4 Å². The monoisotopic (exact) mass is 443 g/mol. The first-order chi connectivity index (χ1) is 13.4. The van der Waals surface area contributed by atoms with Crippen molar-refractivity contribution in [2.75, 3.05) is 19.5 Å². The Morgan fingerprint density at radius 3 is 2.25 bits per heavy atom. The zero-order chi connectivity index (χ0) is 20.3. The van der Waals surface area contributed by atoms with Gasteiger partial charge in [-0.15, -0.1) is 0 Å². The van der Waals surface area contributed by atoms with Crippen LogP contribution in [-0.2, 0) is 6.54 Å². The van der Waals surface area contributed by atoms with Gasteiger partial charge < -0.3 is 14.8 Å². The van der Waals surface area contributed by atoms with Gasteiger partial charge in [0.15, 0.2) is 0 Å². The summed E-state index contributed by atoms with van der Waals surface area (Å²) in [5.41, 5.74) is 3.79. The second kappa shape index (κ2) is 8.48. The predicted molar refractivity (Wildman–Crippen MR) is 112 cm³/mol. The van der Waals surface area contributed by atoms with E-state index in [0.29, 0.717) is 29.3 Å². The summed E-state index contributed by atoms with van der Waals surface area (Å²) in [5, 5.41) is 7.56. The Labute approximate surface area is 172 Å². The Morgan fingerprint density at radius 1 is 1.07 bits per heavy atom. The molecule has 1 N–H and O–H groups in total. The average molecular weight is 444 g/mol. The molecule has 28 heavy (non-hydrogen) atoms. The lowest BCUT2D eigenvalue weighted by Crippen LogP contribution is -2.15. The Kier molecular flexibility index (Phi) is 6.04. The Balaban J connectivity index is 1.88. The minimum Gasteiger partial charge on any atom is -0.496 e. The number of methoxy groups -OCH3 is 2. The largest absolute Gasteiger partial charge is 0.496 e. The van der Waals surface area contributed by atoms with Gasteiger partial charge in [0.2, 0.25) is 0 Å². The van der Waals surface area contributed by atoms with E-state index in [4.69, 9.17) is 9.47 Å². The summed E-state index contributed by atoms with van der Waals surface area (Å²) in [6, 6.07) is 13.3. The molecule has 0 radical (unpaired) electrons. The Morgan fingerprint density at radius 2 is 1.68 bits per heavy atom. The van der Waals surface area contributed by atoms with Gasteiger partial charge in [-0.05, 0) is 43.7 Å². The zero-order valence-electron chi connectivity index (χ0n) is 16.2. The van der Waals surface area contributed by atoms with Crippen molar-refractivity contribution in [2.24, 2.45) is 0 Å². The van der Waals surface area contributed by atoms with E-state index < -0.39 is 0 Å². The predicted octanol–water partition coefficient (Wildman–Crippen LogP) is 4.58. The van der Waals surface area contributed by atoms with Crippen LogP contribution in [0.1, 0.15) is 27.3 Å². The summed E-state index contributed by atoms with van der Waals surface area (Å²) in [4.78, 5) is 13.0. The van der Waals surface area contributed by atoms with Crippen LogP contribution in [0.15, 0.2) is 46.9 Å². The molecule has 1 aromatic heterocycles.